The highest BCUT2D eigenvalue weighted by Crippen LogP contribution is 2.37. The average Bonchev–Trinajstić information content (AvgIpc) is 3.15. The normalized spacial score (nSPS) is 20.6. The van der Waals surface area contributed by atoms with Crippen LogP contribution in [0, 0.1) is 17.8 Å². The molecule has 1 fully saturated rings. The van der Waals surface area contributed by atoms with Crippen molar-refractivity contribution in [1.82, 2.24) is 0 Å². The highest BCUT2D eigenvalue weighted by Gasteiger charge is 2.54. The molecule has 1 aliphatic rings. The summed E-state index contributed by atoms with van der Waals surface area (Å²) in [5.74, 6) is 4.49. The van der Waals surface area contributed by atoms with Crippen molar-refractivity contribution in [2.75, 3.05) is 0 Å². The Labute approximate surface area is 123 Å². The predicted molar refractivity (Wildman–Crippen MR) is 77.0 cm³/mol. The van der Waals surface area contributed by atoms with Crippen LogP contribution in [0.3, 0.4) is 0 Å². The first-order valence-corrected chi connectivity index (χ1v) is 6.67. The lowest BCUT2D eigenvalue weighted by molar-refractivity contribution is -0.220. The monoisotopic (exact) mass is 299 g/mol. The van der Waals surface area contributed by atoms with Crippen molar-refractivity contribution in [3.05, 3.63) is 35.1 Å². The van der Waals surface area contributed by atoms with Gasteiger partial charge in [-0.15, -0.1) is 0 Å². The van der Waals surface area contributed by atoms with E-state index in [0.717, 1.165) is 12.8 Å². The number of hydrogen-bond donors (Lipinski definition) is 2. The largest absolute Gasteiger partial charge is 0.432 e. The molecule has 5 heteroatoms. The fourth-order valence-electron chi connectivity index (χ4n) is 1.58. The Morgan fingerprint density at radius 3 is 2.19 bits per heavy atom. The van der Waals surface area contributed by atoms with Gasteiger partial charge < -0.3 is 10.8 Å². The van der Waals surface area contributed by atoms with E-state index < -0.39 is 11.8 Å². The molecule has 0 heterocycles. The van der Waals surface area contributed by atoms with E-state index in [1.165, 1.54) is 13.0 Å². The maximum atomic E-state index is 13.1. The van der Waals surface area contributed by atoms with Crippen LogP contribution in [0.25, 0.3) is 0 Å². The molecule has 0 aliphatic heterocycles. The fourth-order valence-corrected chi connectivity index (χ4v) is 1.58. The second kappa shape index (κ2) is 6.40. The van der Waals surface area contributed by atoms with Crippen LogP contribution in [-0.2, 0) is 0 Å². The third-order valence-electron chi connectivity index (χ3n) is 3.07. The lowest BCUT2D eigenvalue weighted by Crippen LogP contribution is -2.45. The van der Waals surface area contributed by atoms with Crippen LogP contribution < -0.4 is 5.73 Å². The van der Waals surface area contributed by atoms with Gasteiger partial charge in [-0.05, 0) is 45.3 Å². The molecule has 0 spiro atoms. The summed E-state index contributed by atoms with van der Waals surface area (Å²) in [5.41, 5.74) is 3.19. The van der Waals surface area contributed by atoms with Crippen LogP contribution >= 0.6 is 0 Å². The first-order chi connectivity index (χ1) is 9.56. The Bertz CT molecular complexity index is 538. The SMILES string of the molecule is CC(=C/C=C(\C)N)/C=C(\C)[C@@](O)(C#CC1CC1)C(F)(F)F. The first-order valence-electron chi connectivity index (χ1n) is 6.67. The van der Waals surface area contributed by atoms with Crippen molar-refractivity contribution < 1.29 is 18.3 Å². The molecule has 0 aromatic carbocycles. The minimum Gasteiger partial charge on any atom is -0.402 e. The molecule has 2 nitrogen and oxygen atoms in total. The number of aliphatic hydroxyl groups is 1. The van der Waals surface area contributed by atoms with E-state index in [-0.39, 0.29) is 11.5 Å². The zero-order valence-electron chi connectivity index (χ0n) is 12.4. The molecule has 21 heavy (non-hydrogen) atoms. The minimum atomic E-state index is -4.84. The van der Waals surface area contributed by atoms with Crippen molar-refractivity contribution in [2.45, 2.75) is 45.4 Å². The Hall–Kier alpha value is -1.67. The average molecular weight is 299 g/mol. The van der Waals surface area contributed by atoms with Crippen LogP contribution in [0.2, 0.25) is 0 Å². The number of halogens is 3. The van der Waals surface area contributed by atoms with Gasteiger partial charge in [0, 0.05) is 11.6 Å². The van der Waals surface area contributed by atoms with Crippen molar-refractivity contribution in [2.24, 2.45) is 11.7 Å². The van der Waals surface area contributed by atoms with Crippen molar-refractivity contribution in [1.29, 1.82) is 0 Å². The first kappa shape index (κ1) is 17.4. The van der Waals surface area contributed by atoms with Gasteiger partial charge in [0.2, 0.25) is 5.60 Å². The van der Waals surface area contributed by atoms with Crippen molar-refractivity contribution in [3.8, 4) is 11.8 Å². The summed E-state index contributed by atoms with van der Waals surface area (Å²) in [4.78, 5) is 0. The number of alkyl halides is 3. The summed E-state index contributed by atoms with van der Waals surface area (Å²) in [7, 11) is 0. The Morgan fingerprint density at radius 2 is 1.76 bits per heavy atom. The molecule has 1 saturated carbocycles. The molecule has 116 valence electrons. The number of rotatable bonds is 3. The summed E-state index contributed by atoms with van der Waals surface area (Å²) in [6.45, 7) is 4.53. The minimum absolute atomic E-state index is 0.0221. The number of allylic oxidation sites excluding steroid dienone is 5. The van der Waals surface area contributed by atoms with Gasteiger partial charge in [0.15, 0.2) is 0 Å². The van der Waals surface area contributed by atoms with Crippen molar-refractivity contribution in [3.63, 3.8) is 0 Å². The van der Waals surface area contributed by atoms with Gasteiger partial charge in [0.25, 0.3) is 0 Å². The van der Waals surface area contributed by atoms with E-state index in [9.17, 15) is 18.3 Å². The third-order valence-corrected chi connectivity index (χ3v) is 3.07. The maximum absolute atomic E-state index is 13.1. The smallest absolute Gasteiger partial charge is 0.402 e. The van der Waals surface area contributed by atoms with Crippen LogP contribution in [-0.4, -0.2) is 16.9 Å². The van der Waals surface area contributed by atoms with Crippen LogP contribution in [0.5, 0.6) is 0 Å². The van der Waals surface area contributed by atoms with E-state index in [0.29, 0.717) is 11.3 Å². The van der Waals surface area contributed by atoms with E-state index >= 15 is 0 Å². The van der Waals surface area contributed by atoms with E-state index in [1.807, 2.05) is 5.92 Å². The zero-order valence-corrected chi connectivity index (χ0v) is 12.4. The molecule has 0 saturated heterocycles. The molecule has 0 aromatic heterocycles. The number of hydrogen-bond acceptors (Lipinski definition) is 2. The Balaban J connectivity index is 3.12. The van der Waals surface area contributed by atoms with Gasteiger partial charge >= 0.3 is 6.18 Å². The molecule has 3 N–H and O–H groups in total. The molecule has 0 radical (unpaired) electrons. The van der Waals surface area contributed by atoms with Gasteiger partial charge in [0.1, 0.15) is 0 Å². The molecule has 1 atom stereocenters. The molecule has 1 aliphatic carbocycles. The zero-order chi connectivity index (χ0) is 16.3. The summed E-state index contributed by atoms with van der Waals surface area (Å²) >= 11 is 0. The van der Waals surface area contributed by atoms with Crippen LogP contribution in [0.1, 0.15) is 33.6 Å². The quantitative estimate of drug-likeness (QED) is 0.619. The Morgan fingerprint density at radius 1 is 1.19 bits per heavy atom. The molecule has 0 aromatic rings. The van der Waals surface area contributed by atoms with Crippen molar-refractivity contribution >= 4 is 0 Å². The standard InChI is InChI=1S/C16H20F3NO/c1-11(4-5-13(3)20)10-12(2)15(21,16(17,18)19)9-8-14-6-7-14/h4-5,10,14,21H,6-7,20H2,1-3H3/b11-4-,12-10+,13-5+/t15-/m0/s1. The van der Waals surface area contributed by atoms with Crippen LogP contribution in [0.15, 0.2) is 35.1 Å². The second-order valence-electron chi connectivity index (χ2n) is 5.40. The molecule has 1 rings (SSSR count). The highest BCUT2D eigenvalue weighted by molar-refractivity contribution is 5.38. The molecule has 0 amide bonds. The van der Waals surface area contributed by atoms with Crippen LogP contribution in [0.4, 0.5) is 13.2 Å². The van der Waals surface area contributed by atoms with Gasteiger partial charge in [-0.2, -0.15) is 13.2 Å². The Kier molecular flexibility index (Phi) is 5.30. The van der Waals surface area contributed by atoms with E-state index in [1.54, 1.807) is 26.0 Å². The molecule has 0 unspecified atom stereocenters. The van der Waals surface area contributed by atoms with Gasteiger partial charge in [-0.25, -0.2) is 0 Å². The second-order valence-corrected chi connectivity index (χ2v) is 5.40. The fraction of sp³-hybridized carbons (Fsp3) is 0.500. The van der Waals surface area contributed by atoms with Gasteiger partial charge in [-0.1, -0.05) is 29.6 Å². The van der Waals surface area contributed by atoms with Gasteiger partial charge in [-0.3, -0.25) is 0 Å². The lowest BCUT2D eigenvalue weighted by atomic mass is 9.92. The molecule has 0 bridgehead atoms. The summed E-state index contributed by atoms with van der Waals surface area (Å²) in [6.07, 6.45) is 1.20. The topological polar surface area (TPSA) is 46.2 Å². The summed E-state index contributed by atoms with van der Waals surface area (Å²) in [5, 5.41) is 9.99. The molecular formula is C16H20F3NO. The highest BCUT2D eigenvalue weighted by atomic mass is 19.4. The lowest BCUT2D eigenvalue weighted by Gasteiger charge is -2.26. The van der Waals surface area contributed by atoms with Gasteiger partial charge in [0.05, 0.1) is 0 Å². The summed E-state index contributed by atoms with van der Waals surface area (Å²) < 4.78 is 39.4. The maximum Gasteiger partial charge on any atom is 0.432 e. The third kappa shape index (κ3) is 4.98. The molecular weight excluding hydrogens is 279 g/mol. The van der Waals surface area contributed by atoms with E-state index in [2.05, 4.69) is 5.92 Å². The summed E-state index contributed by atoms with van der Waals surface area (Å²) in [6, 6.07) is 0. The predicted octanol–water partition coefficient (Wildman–Crippen LogP) is 3.45. The van der Waals surface area contributed by atoms with E-state index in [4.69, 9.17) is 5.73 Å². The number of nitrogens with two attached hydrogens (primary N) is 1.